The smallest absolute Gasteiger partial charge is 0.317 e. The first kappa shape index (κ1) is 23.9. The second kappa shape index (κ2) is 10.7. The Kier molecular flexibility index (Phi) is 8.30. The normalized spacial score (nSPS) is 27.1. The Labute approximate surface area is 184 Å². The minimum atomic E-state index is -3.40. The SMILES string of the molecule is CCNC(=O)N1CCC[C@@H](NS(C)(=O)=O)[C@@H]1CO[C@H]1CC[C@@H](c2cccc(F)c2)CC1. The van der Waals surface area contributed by atoms with Gasteiger partial charge >= 0.3 is 6.03 Å². The lowest BCUT2D eigenvalue weighted by molar-refractivity contribution is -0.0173. The van der Waals surface area contributed by atoms with Crippen LogP contribution in [0, 0.1) is 5.82 Å². The molecule has 1 aliphatic carbocycles. The van der Waals surface area contributed by atoms with Crippen LogP contribution >= 0.6 is 0 Å². The van der Waals surface area contributed by atoms with Gasteiger partial charge < -0.3 is 15.0 Å². The molecule has 2 fully saturated rings. The number of nitrogens with one attached hydrogen (secondary N) is 2. The van der Waals surface area contributed by atoms with Crippen LogP contribution in [-0.2, 0) is 14.8 Å². The summed E-state index contributed by atoms with van der Waals surface area (Å²) in [4.78, 5) is 14.3. The fourth-order valence-corrected chi connectivity index (χ4v) is 5.56. The van der Waals surface area contributed by atoms with Crippen LogP contribution in [0.1, 0.15) is 56.9 Å². The Morgan fingerprint density at radius 2 is 1.97 bits per heavy atom. The molecule has 1 aromatic carbocycles. The van der Waals surface area contributed by atoms with Gasteiger partial charge in [-0.05, 0) is 69.1 Å². The number of rotatable bonds is 7. The number of urea groups is 1. The van der Waals surface area contributed by atoms with Crippen LogP contribution in [0.5, 0.6) is 0 Å². The summed E-state index contributed by atoms with van der Waals surface area (Å²) in [6.07, 6.45) is 6.17. The molecule has 2 N–H and O–H groups in total. The first-order valence-electron chi connectivity index (χ1n) is 11.2. The van der Waals surface area contributed by atoms with Crippen LogP contribution in [0.15, 0.2) is 24.3 Å². The van der Waals surface area contributed by atoms with E-state index in [1.54, 1.807) is 17.0 Å². The number of carbonyl (C=O) groups is 1. The molecular formula is C22H34FN3O4S. The topological polar surface area (TPSA) is 87.7 Å². The van der Waals surface area contributed by atoms with Gasteiger partial charge in [-0.3, -0.25) is 0 Å². The molecule has 9 heteroatoms. The number of halogens is 1. The molecule has 2 aliphatic rings. The minimum absolute atomic E-state index is 0.0571. The average molecular weight is 456 g/mol. The van der Waals surface area contributed by atoms with Crippen molar-refractivity contribution in [1.82, 2.24) is 14.9 Å². The zero-order valence-electron chi connectivity index (χ0n) is 18.3. The average Bonchev–Trinajstić information content (AvgIpc) is 2.72. The molecule has 0 aromatic heterocycles. The van der Waals surface area contributed by atoms with Gasteiger partial charge in [-0.25, -0.2) is 22.3 Å². The number of hydrogen-bond acceptors (Lipinski definition) is 4. The molecule has 0 radical (unpaired) electrons. The van der Waals surface area contributed by atoms with E-state index in [0.717, 1.165) is 43.9 Å². The quantitative estimate of drug-likeness (QED) is 0.662. The number of likely N-dealkylation sites (tertiary alicyclic amines) is 1. The van der Waals surface area contributed by atoms with E-state index in [9.17, 15) is 17.6 Å². The van der Waals surface area contributed by atoms with Gasteiger partial charge in [0.15, 0.2) is 0 Å². The Bertz CT molecular complexity index is 843. The van der Waals surface area contributed by atoms with Crippen LogP contribution < -0.4 is 10.0 Å². The van der Waals surface area contributed by atoms with Gasteiger partial charge in [0.05, 0.1) is 25.0 Å². The second-order valence-corrected chi connectivity index (χ2v) is 10.4. The molecule has 2 atom stereocenters. The molecule has 7 nitrogen and oxygen atoms in total. The lowest BCUT2D eigenvalue weighted by Crippen LogP contribution is -2.60. The van der Waals surface area contributed by atoms with Gasteiger partial charge in [0.1, 0.15) is 5.82 Å². The minimum Gasteiger partial charge on any atom is -0.376 e. The van der Waals surface area contributed by atoms with E-state index in [2.05, 4.69) is 10.0 Å². The first-order valence-corrected chi connectivity index (χ1v) is 13.0. The number of sulfonamides is 1. The summed E-state index contributed by atoms with van der Waals surface area (Å²) >= 11 is 0. The van der Waals surface area contributed by atoms with Crippen LogP contribution in [0.25, 0.3) is 0 Å². The number of piperidine rings is 1. The fraction of sp³-hybridized carbons (Fsp3) is 0.682. The highest BCUT2D eigenvalue weighted by Gasteiger charge is 2.36. The Balaban J connectivity index is 1.60. The van der Waals surface area contributed by atoms with Gasteiger partial charge in [-0.15, -0.1) is 0 Å². The van der Waals surface area contributed by atoms with E-state index >= 15 is 0 Å². The van der Waals surface area contributed by atoms with Crippen molar-refractivity contribution in [3.05, 3.63) is 35.6 Å². The lowest BCUT2D eigenvalue weighted by atomic mass is 9.82. The molecule has 31 heavy (non-hydrogen) atoms. The first-order chi connectivity index (χ1) is 14.8. The largest absolute Gasteiger partial charge is 0.376 e. The summed E-state index contributed by atoms with van der Waals surface area (Å²) in [6, 6.07) is 5.89. The third-order valence-electron chi connectivity index (χ3n) is 6.23. The van der Waals surface area contributed by atoms with E-state index in [4.69, 9.17) is 4.74 Å². The third-order valence-corrected chi connectivity index (χ3v) is 6.96. The van der Waals surface area contributed by atoms with Gasteiger partial charge in [0.2, 0.25) is 10.0 Å². The van der Waals surface area contributed by atoms with Crippen LogP contribution in [-0.4, -0.2) is 63.5 Å². The number of amides is 2. The zero-order chi connectivity index (χ0) is 22.4. The van der Waals surface area contributed by atoms with E-state index in [1.807, 2.05) is 13.0 Å². The summed E-state index contributed by atoms with van der Waals surface area (Å²) in [5, 5.41) is 2.82. The summed E-state index contributed by atoms with van der Waals surface area (Å²) in [6.45, 7) is 3.24. The van der Waals surface area contributed by atoms with Crippen LogP contribution in [0.4, 0.5) is 9.18 Å². The van der Waals surface area contributed by atoms with Crippen molar-refractivity contribution in [2.45, 2.75) is 69.6 Å². The van der Waals surface area contributed by atoms with Crippen molar-refractivity contribution >= 4 is 16.1 Å². The number of nitrogens with zero attached hydrogens (tertiary/aromatic N) is 1. The highest BCUT2D eigenvalue weighted by Crippen LogP contribution is 2.34. The number of carbonyl (C=O) groups excluding carboxylic acids is 1. The summed E-state index contributed by atoms with van der Waals surface area (Å²) in [7, 11) is -3.40. The Morgan fingerprint density at radius 3 is 2.61 bits per heavy atom. The third kappa shape index (κ3) is 6.89. The van der Waals surface area contributed by atoms with E-state index in [0.29, 0.717) is 32.0 Å². The molecule has 174 valence electrons. The molecule has 0 bridgehead atoms. The fourth-order valence-electron chi connectivity index (χ4n) is 4.74. The van der Waals surface area contributed by atoms with Gasteiger partial charge in [-0.1, -0.05) is 12.1 Å². The molecule has 1 aliphatic heterocycles. The molecule has 3 rings (SSSR count). The van der Waals surface area contributed by atoms with Crippen molar-refractivity contribution < 1.29 is 22.3 Å². The van der Waals surface area contributed by atoms with Crippen molar-refractivity contribution in [3.8, 4) is 0 Å². The van der Waals surface area contributed by atoms with Crippen molar-refractivity contribution in [1.29, 1.82) is 0 Å². The van der Waals surface area contributed by atoms with Crippen molar-refractivity contribution in [2.24, 2.45) is 0 Å². The van der Waals surface area contributed by atoms with E-state index < -0.39 is 10.0 Å². The van der Waals surface area contributed by atoms with Crippen LogP contribution in [0.3, 0.4) is 0 Å². The van der Waals surface area contributed by atoms with E-state index in [-0.39, 0.29) is 30.0 Å². The predicted octanol–water partition coefficient (Wildman–Crippen LogP) is 2.98. The molecule has 0 spiro atoms. The summed E-state index contributed by atoms with van der Waals surface area (Å²) < 4.78 is 46.1. The lowest BCUT2D eigenvalue weighted by Gasteiger charge is -2.42. The van der Waals surface area contributed by atoms with Gasteiger partial charge in [-0.2, -0.15) is 0 Å². The highest BCUT2D eigenvalue weighted by atomic mass is 32.2. The Hall–Kier alpha value is -1.71. The number of ether oxygens (including phenoxy) is 1. The number of hydrogen-bond donors (Lipinski definition) is 2. The maximum Gasteiger partial charge on any atom is 0.317 e. The monoisotopic (exact) mass is 455 g/mol. The highest BCUT2D eigenvalue weighted by molar-refractivity contribution is 7.88. The molecule has 0 unspecified atom stereocenters. The predicted molar refractivity (Wildman–Crippen MR) is 118 cm³/mol. The molecule has 1 saturated carbocycles. The summed E-state index contributed by atoms with van der Waals surface area (Å²) in [5.74, 6) is 0.125. The second-order valence-electron chi connectivity index (χ2n) is 8.60. The molecular weight excluding hydrogens is 421 g/mol. The molecule has 1 saturated heterocycles. The zero-order valence-corrected chi connectivity index (χ0v) is 19.2. The molecule has 2 amide bonds. The van der Waals surface area contributed by atoms with Crippen molar-refractivity contribution in [2.75, 3.05) is 26.0 Å². The Morgan fingerprint density at radius 1 is 1.23 bits per heavy atom. The maximum absolute atomic E-state index is 13.5. The standard InChI is InChI=1S/C22H34FN3O4S/c1-3-24-22(27)26-13-5-8-20(25-31(2,28)29)21(26)15-30-19-11-9-16(10-12-19)17-6-4-7-18(23)14-17/h4,6-7,14,16,19-21,25H,3,5,8-13,15H2,1-2H3,(H,24,27)/t16-,19+,20-,21+/m1/s1. The van der Waals surface area contributed by atoms with Gasteiger partial charge in [0.25, 0.3) is 0 Å². The molecule has 1 heterocycles. The van der Waals surface area contributed by atoms with Crippen LogP contribution in [0.2, 0.25) is 0 Å². The van der Waals surface area contributed by atoms with E-state index in [1.165, 1.54) is 6.07 Å². The molecule has 1 aromatic rings. The van der Waals surface area contributed by atoms with Gasteiger partial charge in [0, 0.05) is 19.1 Å². The summed E-state index contributed by atoms with van der Waals surface area (Å²) in [5.41, 5.74) is 1.03. The van der Waals surface area contributed by atoms with Crippen molar-refractivity contribution in [3.63, 3.8) is 0 Å². The maximum atomic E-state index is 13.5. The number of benzene rings is 1.